The standard InChI is InChI=1S/C12H12Br2N2O4/c1-20-10-3-9(7(13)2-8(10)14)15-12(19)16-4-6(5-16)11(17)18/h2-3,6H,4-5H2,1H3,(H,15,19)(H,17,18). The van der Waals surface area contributed by atoms with Crippen LogP contribution in [0.4, 0.5) is 10.5 Å². The second-order valence-corrected chi connectivity index (χ2v) is 6.05. The summed E-state index contributed by atoms with van der Waals surface area (Å²) in [5.41, 5.74) is 0.564. The number of anilines is 1. The Kier molecular flexibility index (Phi) is 4.54. The molecule has 0 atom stereocenters. The Balaban J connectivity index is 2.04. The molecule has 0 saturated carbocycles. The number of aliphatic carboxylic acids is 1. The van der Waals surface area contributed by atoms with Crippen LogP contribution in [0.2, 0.25) is 0 Å². The number of nitrogens with one attached hydrogen (secondary N) is 1. The van der Waals surface area contributed by atoms with Crippen molar-refractivity contribution in [2.45, 2.75) is 0 Å². The SMILES string of the molecule is COc1cc(NC(=O)N2CC(C(=O)O)C2)c(Br)cc1Br. The maximum Gasteiger partial charge on any atom is 0.321 e. The Labute approximate surface area is 132 Å². The van der Waals surface area contributed by atoms with Crippen LogP contribution in [0.1, 0.15) is 0 Å². The molecule has 2 N–H and O–H groups in total. The number of ether oxygens (including phenoxy) is 1. The Morgan fingerprint density at radius 2 is 2.00 bits per heavy atom. The first kappa shape index (κ1) is 15.1. The van der Waals surface area contributed by atoms with Crippen LogP contribution in [0, 0.1) is 5.92 Å². The first-order valence-corrected chi connectivity index (χ1v) is 7.32. The molecule has 0 spiro atoms. The van der Waals surface area contributed by atoms with Crippen LogP contribution in [0.15, 0.2) is 21.1 Å². The second kappa shape index (κ2) is 6.01. The van der Waals surface area contributed by atoms with Gasteiger partial charge in [-0.25, -0.2) is 4.79 Å². The zero-order chi connectivity index (χ0) is 14.9. The fourth-order valence-corrected chi connectivity index (χ4v) is 3.03. The summed E-state index contributed by atoms with van der Waals surface area (Å²) in [5.74, 6) is -0.750. The number of hydrogen-bond donors (Lipinski definition) is 2. The molecule has 2 rings (SSSR count). The number of carbonyl (C=O) groups excluding carboxylic acids is 1. The number of urea groups is 1. The molecule has 108 valence electrons. The number of benzene rings is 1. The summed E-state index contributed by atoms with van der Waals surface area (Å²) in [6.07, 6.45) is 0. The lowest BCUT2D eigenvalue weighted by molar-refractivity contribution is -0.145. The van der Waals surface area contributed by atoms with E-state index in [0.717, 1.165) is 4.47 Å². The molecule has 0 aromatic heterocycles. The lowest BCUT2D eigenvalue weighted by Crippen LogP contribution is -2.54. The minimum absolute atomic E-state index is 0.229. The Hall–Kier alpha value is -1.28. The number of amides is 2. The minimum atomic E-state index is -0.874. The van der Waals surface area contributed by atoms with E-state index in [1.54, 1.807) is 12.1 Å². The van der Waals surface area contributed by atoms with Gasteiger partial charge in [0.25, 0.3) is 0 Å². The van der Waals surface area contributed by atoms with Gasteiger partial charge in [-0.3, -0.25) is 4.79 Å². The molecular weight excluding hydrogens is 396 g/mol. The number of carboxylic acid groups (broad SMARTS) is 1. The molecule has 0 aliphatic carbocycles. The largest absolute Gasteiger partial charge is 0.495 e. The minimum Gasteiger partial charge on any atom is -0.495 e. The number of carbonyl (C=O) groups is 2. The summed E-state index contributed by atoms with van der Waals surface area (Å²) in [6, 6.07) is 3.12. The van der Waals surface area contributed by atoms with Gasteiger partial charge in [0, 0.05) is 23.6 Å². The summed E-state index contributed by atoms with van der Waals surface area (Å²) in [7, 11) is 1.53. The molecule has 2 amide bonds. The van der Waals surface area contributed by atoms with Crippen molar-refractivity contribution in [3.05, 3.63) is 21.1 Å². The molecule has 1 aromatic rings. The summed E-state index contributed by atoms with van der Waals surface area (Å²) >= 11 is 6.69. The maximum absolute atomic E-state index is 11.9. The number of nitrogens with zero attached hydrogens (tertiary/aromatic N) is 1. The average molecular weight is 408 g/mol. The average Bonchev–Trinajstić information content (AvgIpc) is 2.30. The Bertz CT molecular complexity index is 559. The van der Waals surface area contributed by atoms with Gasteiger partial charge in [-0.2, -0.15) is 0 Å². The first-order valence-electron chi connectivity index (χ1n) is 5.74. The third kappa shape index (κ3) is 3.06. The van der Waals surface area contributed by atoms with Gasteiger partial charge in [0.1, 0.15) is 5.75 Å². The van der Waals surface area contributed by atoms with Gasteiger partial charge in [0.2, 0.25) is 0 Å². The van der Waals surface area contributed by atoms with Crippen molar-refractivity contribution < 1.29 is 19.4 Å². The van der Waals surface area contributed by atoms with E-state index in [1.807, 2.05) is 0 Å². The van der Waals surface area contributed by atoms with Gasteiger partial charge >= 0.3 is 12.0 Å². The van der Waals surface area contributed by atoms with Gasteiger partial charge in [0.05, 0.1) is 23.2 Å². The highest BCUT2D eigenvalue weighted by molar-refractivity contribution is 9.11. The van der Waals surface area contributed by atoms with Crippen molar-refractivity contribution >= 4 is 49.5 Å². The number of hydrogen-bond acceptors (Lipinski definition) is 3. The highest BCUT2D eigenvalue weighted by Gasteiger charge is 2.35. The van der Waals surface area contributed by atoms with Crippen molar-refractivity contribution in [3.63, 3.8) is 0 Å². The fourth-order valence-electron chi connectivity index (χ4n) is 1.78. The van der Waals surface area contributed by atoms with Crippen LogP contribution in [-0.2, 0) is 4.79 Å². The van der Waals surface area contributed by atoms with Gasteiger partial charge in [0.15, 0.2) is 0 Å². The number of halogens is 2. The van der Waals surface area contributed by atoms with Crippen LogP contribution in [-0.4, -0.2) is 42.2 Å². The fraction of sp³-hybridized carbons (Fsp3) is 0.333. The van der Waals surface area contributed by atoms with E-state index in [0.29, 0.717) is 15.9 Å². The van der Waals surface area contributed by atoms with Gasteiger partial charge < -0.3 is 20.1 Å². The predicted molar refractivity (Wildman–Crippen MR) is 80.1 cm³/mol. The third-order valence-corrected chi connectivity index (χ3v) is 4.28. The smallest absolute Gasteiger partial charge is 0.321 e. The number of likely N-dealkylation sites (tertiary alicyclic amines) is 1. The monoisotopic (exact) mass is 406 g/mol. The molecule has 0 unspecified atom stereocenters. The van der Waals surface area contributed by atoms with E-state index in [4.69, 9.17) is 9.84 Å². The van der Waals surface area contributed by atoms with Gasteiger partial charge in [-0.1, -0.05) is 0 Å². The highest BCUT2D eigenvalue weighted by atomic mass is 79.9. The summed E-state index contributed by atoms with van der Waals surface area (Å²) < 4.78 is 6.63. The molecule has 0 radical (unpaired) electrons. The Morgan fingerprint density at radius 3 is 2.55 bits per heavy atom. The molecule has 1 saturated heterocycles. The van der Waals surface area contributed by atoms with E-state index in [9.17, 15) is 9.59 Å². The molecule has 8 heteroatoms. The molecule has 0 bridgehead atoms. The van der Waals surface area contributed by atoms with Crippen LogP contribution in [0.3, 0.4) is 0 Å². The molecule has 1 aliphatic heterocycles. The molecular formula is C12H12Br2N2O4. The van der Waals surface area contributed by atoms with Crippen LogP contribution < -0.4 is 10.1 Å². The zero-order valence-electron chi connectivity index (χ0n) is 10.5. The molecule has 1 aromatic carbocycles. The molecule has 1 fully saturated rings. The molecule has 6 nitrogen and oxygen atoms in total. The van der Waals surface area contributed by atoms with Crippen molar-refractivity contribution in [2.24, 2.45) is 5.92 Å². The predicted octanol–water partition coefficient (Wildman–Crippen LogP) is 2.77. The molecule has 20 heavy (non-hydrogen) atoms. The van der Waals surface area contributed by atoms with E-state index >= 15 is 0 Å². The normalized spacial score (nSPS) is 14.7. The summed E-state index contributed by atoms with van der Waals surface area (Å²) in [4.78, 5) is 24.1. The number of carboxylic acids is 1. The third-order valence-electron chi connectivity index (χ3n) is 3.00. The van der Waals surface area contributed by atoms with Crippen LogP contribution in [0.5, 0.6) is 5.75 Å². The van der Waals surface area contributed by atoms with Crippen LogP contribution in [0.25, 0.3) is 0 Å². The first-order chi connectivity index (χ1) is 9.42. The summed E-state index contributed by atoms with van der Waals surface area (Å²) in [5, 5.41) is 11.5. The summed E-state index contributed by atoms with van der Waals surface area (Å²) in [6.45, 7) is 0.457. The number of methoxy groups -OCH3 is 1. The van der Waals surface area contributed by atoms with Crippen molar-refractivity contribution in [3.8, 4) is 5.75 Å². The van der Waals surface area contributed by atoms with E-state index in [2.05, 4.69) is 37.2 Å². The Morgan fingerprint density at radius 1 is 1.35 bits per heavy atom. The van der Waals surface area contributed by atoms with E-state index in [-0.39, 0.29) is 19.1 Å². The van der Waals surface area contributed by atoms with Crippen LogP contribution >= 0.6 is 31.9 Å². The van der Waals surface area contributed by atoms with Gasteiger partial charge in [-0.15, -0.1) is 0 Å². The van der Waals surface area contributed by atoms with Crippen molar-refractivity contribution in [1.29, 1.82) is 0 Å². The highest BCUT2D eigenvalue weighted by Crippen LogP contribution is 2.34. The van der Waals surface area contributed by atoms with Crippen molar-refractivity contribution in [2.75, 3.05) is 25.5 Å². The molecule has 1 heterocycles. The number of rotatable bonds is 3. The quantitative estimate of drug-likeness (QED) is 0.807. The van der Waals surface area contributed by atoms with E-state index < -0.39 is 11.9 Å². The zero-order valence-corrected chi connectivity index (χ0v) is 13.7. The maximum atomic E-state index is 11.9. The van der Waals surface area contributed by atoms with E-state index in [1.165, 1.54) is 12.0 Å². The second-order valence-electron chi connectivity index (χ2n) is 4.34. The lowest BCUT2D eigenvalue weighted by atomic mass is 10.0. The van der Waals surface area contributed by atoms with Crippen molar-refractivity contribution in [1.82, 2.24) is 4.90 Å². The topological polar surface area (TPSA) is 78.9 Å². The lowest BCUT2D eigenvalue weighted by Gasteiger charge is -2.36. The van der Waals surface area contributed by atoms with Gasteiger partial charge in [-0.05, 0) is 37.9 Å². The molecule has 1 aliphatic rings.